The molecule has 1 heterocycles. The maximum absolute atomic E-state index is 10.0. The molecule has 1 aliphatic rings. The van der Waals surface area contributed by atoms with Gasteiger partial charge < -0.3 is 20.1 Å². The fourth-order valence-corrected chi connectivity index (χ4v) is 2.82. The Morgan fingerprint density at radius 3 is 2.10 bits per heavy atom. The van der Waals surface area contributed by atoms with E-state index in [1.54, 1.807) is 6.92 Å². The molecule has 4 nitrogen and oxygen atoms in total. The van der Waals surface area contributed by atoms with Crippen LogP contribution in [0.4, 0.5) is 0 Å². The van der Waals surface area contributed by atoms with Crippen molar-refractivity contribution in [1.82, 2.24) is 0 Å². The SMILES string of the molecule is CC(C)Cc1ccc(CC2OC(C)C(O)C(O)C2O)cc1. The lowest BCUT2D eigenvalue weighted by molar-refractivity contribution is -0.216. The summed E-state index contributed by atoms with van der Waals surface area (Å²) in [7, 11) is 0. The molecule has 5 unspecified atom stereocenters. The Balaban J connectivity index is 2.00. The first-order valence-corrected chi connectivity index (χ1v) is 7.66. The first-order valence-electron chi connectivity index (χ1n) is 7.66. The second-order valence-electron chi connectivity index (χ2n) is 6.47. The van der Waals surface area contributed by atoms with Crippen LogP contribution in [0, 0.1) is 5.92 Å². The first-order chi connectivity index (χ1) is 9.88. The Morgan fingerprint density at radius 2 is 1.52 bits per heavy atom. The zero-order chi connectivity index (χ0) is 15.6. The van der Waals surface area contributed by atoms with Crippen LogP contribution in [0.1, 0.15) is 31.9 Å². The largest absolute Gasteiger partial charge is 0.388 e. The molecular formula is C17H26O4. The number of hydrogen-bond donors (Lipinski definition) is 3. The van der Waals surface area contributed by atoms with Crippen molar-refractivity contribution in [2.24, 2.45) is 5.92 Å². The molecule has 0 spiro atoms. The monoisotopic (exact) mass is 294 g/mol. The van der Waals surface area contributed by atoms with Gasteiger partial charge in [0.15, 0.2) is 0 Å². The van der Waals surface area contributed by atoms with Crippen LogP contribution in [-0.2, 0) is 17.6 Å². The molecule has 2 rings (SSSR count). The van der Waals surface area contributed by atoms with Crippen molar-refractivity contribution in [3.05, 3.63) is 35.4 Å². The van der Waals surface area contributed by atoms with Gasteiger partial charge in [-0.25, -0.2) is 0 Å². The van der Waals surface area contributed by atoms with Crippen LogP contribution in [0.25, 0.3) is 0 Å². The summed E-state index contributed by atoms with van der Waals surface area (Å²) < 4.78 is 5.62. The van der Waals surface area contributed by atoms with Crippen LogP contribution in [0.3, 0.4) is 0 Å². The fourth-order valence-electron chi connectivity index (χ4n) is 2.82. The lowest BCUT2D eigenvalue weighted by Crippen LogP contribution is -2.57. The van der Waals surface area contributed by atoms with Crippen LogP contribution in [0.15, 0.2) is 24.3 Å². The third-order valence-corrected chi connectivity index (χ3v) is 4.05. The quantitative estimate of drug-likeness (QED) is 0.783. The average molecular weight is 294 g/mol. The molecule has 5 atom stereocenters. The second-order valence-corrected chi connectivity index (χ2v) is 6.47. The molecular weight excluding hydrogens is 268 g/mol. The average Bonchev–Trinajstić information content (AvgIpc) is 2.44. The maximum atomic E-state index is 10.0. The molecule has 1 aromatic rings. The van der Waals surface area contributed by atoms with Crippen LogP contribution >= 0.6 is 0 Å². The van der Waals surface area contributed by atoms with E-state index in [0.717, 1.165) is 12.0 Å². The zero-order valence-corrected chi connectivity index (χ0v) is 12.9. The van der Waals surface area contributed by atoms with Crippen molar-refractivity contribution in [2.75, 3.05) is 0 Å². The molecule has 118 valence electrons. The van der Waals surface area contributed by atoms with Gasteiger partial charge in [0.05, 0.1) is 12.2 Å². The van der Waals surface area contributed by atoms with E-state index in [-0.39, 0.29) is 0 Å². The van der Waals surface area contributed by atoms with E-state index < -0.39 is 30.5 Å². The molecule has 1 aromatic carbocycles. The van der Waals surface area contributed by atoms with Crippen LogP contribution in [-0.4, -0.2) is 45.8 Å². The van der Waals surface area contributed by atoms with E-state index in [0.29, 0.717) is 12.3 Å². The summed E-state index contributed by atoms with van der Waals surface area (Å²) in [6.45, 7) is 6.08. The van der Waals surface area contributed by atoms with Crippen molar-refractivity contribution < 1.29 is 20.1 Å². The summed E-state index contributed by atoms with van der Waals surface area (Å²) in [5.74, 6) is 0.622. The highest BCUT2D eigenvalue weighted by atomic mass is 16.5. The summed E-state index contributed by atoms with van der Waals surface area (Å²) in [6.07, 6.45) is -2.65. The van der Waals surface area contributed by atoms with E-state index in [1.165, 1.54) is 5.56 Å². The Kier molecular flexibility index (Phi) is 5.38. The smallest absolute Gasteiger partial charge is 0.111 e. The van der Waals surface area contributed by atoms with Gasteiger partial charge in [-0.15, -0.1) is 0 Å². The maximum Gasteiger partial charge on any atom is 0.111 e. The minimum atomic E-state index is -1.15. The van der Waals surface area contributed by atoms with Gasteiger partial charge in [-0.05, 0) is 30.4 Å². The second kappa shape index (κ2) is 6.88. The molecule has 4 heteroatoms. The van der Waals surface area contributed by atoms with Crippen molar-refractivity contribution in [2.45, 2.75) is 64.1 Å². The number of aliphatic hydroxyl groups excluding tert-OH is 3. The predicted molar refractivity (Wildman–Crippen MR) is 81.0 cm³/mol. The molecule has 1 fully saturated rings. The number of rotatable bonds is 4. The third kappa shape index (κ3) is 4.04. The van der Waals surface area contributed by atoms with E-state index in [9.17, 15) is 15.3 Å². The normalized spacial score (nSPS) is 33.4. The van der Waals surface area contributed by atoms with Gasteiger partial charge in [0.25, 0.3) is 0 Å². The summed E-state index contributed by atoms with van der Waals surface area (Å²) in [4.78, 5) is 0. The highest BCUT2D eigenvalue weighted by molar-refractivity contribution is 5.23. The third-order valence-electron chi connectivity index (χ3n) is 4.05. The number of aliphatic hydroxyl groups is 3. The molecule has 0 aromatic heterocycles. The molecule has 0 radical (unpaired) electrons. The minimum absolute atomic E-state index is 0.478. The van der Waals surface area contributed by atoms with Crippen molar-refractivity contribution >= 4 is 0 Å². The molecule has 3 N–H and O–H groups in total. The molecule has 1 saturated heterocycles. The van der Waals surface area contributed by atoms with E-state index in [2.05, 4.69) is 26.0 Å². The molecule has 0 amide bonds. The summed E-state index contributed by atoms with van der Waals surface area (Å²) >= 11 is 0. The highest BCUT2D eigenvalue weighted by Crippen LogP contribution is 2.24. The summed E-state index contributed by atoms with van der Waals surface area (Å²) in [6, 6.07) is 8.27. The standard InChI is InChI=1S/C17H26O4/c1-10(2)8-12-4-6-13(7-5-12)9-14-16(19)17(20)15(18)11(3)21-14/h4-7,10-11,14-20H,8-9H2,1-3H3. The molecule has 0 aliphatic carbocycles. The van der Waals surface area contributed by atoms with Crippen molar-refractivity contribution in [1.29, 1.82) is 0 Å². The Hall–Kier alpha value is -0.940. The Labute approximate surface area is 126 Å². The van der Waals surface area contributed by atoms with Crippen LogP contribution in [0.5, 0.6) is 0 Å². The molecule has 0 saturated carbocycles. The van der Waals surface area contributed by atoms with Gasteiger partial charge >= 0.3 is 0 Å². The zero-order valence-electron chi connectivity index (χ0n) is 12.9. The van der Waals surface area contributed by atoms with Gasteiger partial charge in [-0.2, -0.15) is 0 Å². The van der Waals surface area contributed by atoms with E-state index in [4.69, 9.17) is 4.74 Å². The van der Waals surface area contributed by atoms with E-state index >= 15 is 0 Å². The summed E-state index contributed by atoms with van der Waals surface area (Å²) in [5.41, 5.74) is 2.35. The number of ether oxygens (including phenoxy) is 1. The lowest BCUT2D eigenvalue weighted by Gasteiger charge is -2.39. The highest BCUT2D eigenvalue weighted by Gasteiger charge is 2.41. The summed E-state index contributed by atoms with van der Waals surface area (Å²) in [5, 5.41) is 29.5. The first kappa shape index (κ1) is 16.4. The van der Waals surface area contributed by atoms with Crippen molar-refractivity contribution in [3.63, 3.8) is 0 Å². The topological polar surface area (TPSA) is 69.9 Å². The molecule has 0 bridgehead atoms. The van der Waals surface area contributed by atoms with Gasteiger partial charge in [0, 0.05) is 6.42 Å². The predicted octanol–water partition coefficient (Wildman–Crippen LogP) is 1.30. The molecule has 1 aliphatic heterocycles. The van der Waals surface area contributed by atoms with Crippen LogP contribution in [0.2, 0.25) is 0 Å². The minimum Gasteiger partial charge on any atom is -0.388 e. The van der Waals surface area contributed by atoms with Crippen molar-refractivity contribution in [3.8, 4) is 0 Å². The van der Waals surface area contributed by atoms with Gasteiger partial charge in [0.2, 0.25) is 0 Å². The number of benzene rings is 1. The van der Waals surface area contributed by atoms with Crippen LogP contribution < -0.4 is 0 Å². The van der Waals surface area contributed by atoms with E-state index in [1.807, 2.05) is 12.1 Å². The Morgan fingerprint density at radius 1 is 0.952 bits per heavy atom. The Bertz CT molecular complexity index is 443. The van der Waals surface area contributed by atoms with Gasteiger partial charge in [0.1, 0.15) is 18.3 Å². The number of hydrogen-bond acceptors (Lipinski definition) is 4. The fraction of sp³-hybridized carbons (Fsp3) is 0.647. The van der Waals surface area contributed by atoms with Gasteiger partial charge in [-0.3, -0.25) is 0 Å². The lowest BCUT2D eigenvalue weighted by atomic mass is 9.91. The van der Waals surface area contributed by atoms with Gasteiger partial charge in [-0.1, -0.05) is 38.1 Å². The molecule has 21 heavy (non-hydrogen) atoms.